The molecule has 0 saturated heterocycles. The zero-order chi connectivity index (χ0) is 10.7. The van der Waals surface area contributed by atoms with Gasteiger partial charge in [0.2, 0.25) is 11.8 Å². The first-order chi connectivity index (χ1) is 6.54. The van der Waals surface area contributed by atoms with Crippen LogP contribution in [0.1, 0.15) is 13.8 Å². The van der Waals surface area contributed by atoms with Gasteiger partial charge in [-0.15, -0.1) is 0 Å². The highest BCUT2D eigenvalue weighted by atomic mass is 16.3. The van der Waals surface area contributed by atoms with E-state index in [2.05, 4.69) is 0 Å². The fraction of sp³-hybridized carbons (Fsp3) is 0.200. The van der Waals surface area contributed by atoms with Gasteiger partial charge in [-0.3, -0.25) is 9.59 Å². The summed E-state index contributed by atoms with van der Waals surface area (Å²) in [4.78, 5) is 23.2. The zero-order valence-corrected chi connectivity index (χ0v) is 8.02. The molecule has 0 saturated carbocycles. The van der Waals surface area contributed by atoms with Crippen LogP contribution in [-0.4, -0.2) is 16.9 Å². The summed E-state index contributed by atoms with van der Waals surface area (Å²) < 4.78 is 0. The van der Waals surface area contributed by atoms with Crippen molar-refractivity contribution in [3.05, 3.63) is 24.3 Å². The molecule has 0 aromatic heterocycles. The summed E-state index contributed by atoms with van der Waals surface area (Å²) in [5.74, 6) is -0.920. The van der Waals surface area contributed by atoms with Gasteiger partial charge in [-0.1, -0.05) is 12.1 Å². The van der Waals surface area contributed by atoms with Gasteiger partial charge in [0, 0.05) is 13.8 Å². The number of benzene rings is 1. The summed E-state index contributed by atoms with van der Waals surface area (Å²) in [7, 11) is 0. The van der Waals surface area contributed by atoms with Crippen LogP contribution in [0.4, 0.5) is 5.69 Å². The molecule has 0 fully saturated rings. The van der Waals surface area contributed by atoms with Crippen molar-refractivity contribution in [3.8, 4) is 5.75 Å². The zero-order valence-electron chi connectivity index (χ0n) is 8.02. The Morgan fingerprint density at radius 3 is 2.07 bits per heavy atom. The first-order valence-corrected chi connectivity index (χ1v) is 4.13. The Morgan fingerprint density at radius 2 is 1.64 bits per heavy atom. The van der Waals surface area contributed by atoms with Gasteiger partial charge >= 0.3 is 0 Å². The van der Waals surface area contributed by atoms with Gasteiger partial charge in [-0.25, -0.2) is 4.90 Å². The van der Waals surface area contributed by atoms with Crippen LogP contribution in [0.25, 0.3) is 0 Å². The molecule has 0 bridgehead atoms. The van der Waals surface area contributed by atoms with Gasteiger partial charge in [0.05, 0.1) is 5.69 Å². The standard InChI is InChI=1S/C10H11NO3/c1-7(12)11(8(2)13)9-5-3-4-6-10(9)14/h3-6,14H,1-2H3. The van der Waals surface area contributed by atoms with E-state index in [9.17, 15) is 14.7 Å². The molecule has 4 heteroatoms. The topological polar surface area (TPSA) is 57.6 Å². The molecule has 0 aliphatic carbocycles. The van der Waals surface area contributed by atoms with E-state index in [1.54, 1.807) is 12.1 Å². The lowest BCUT2D eigenvalue weighted by molar-refractivity contribution is -0.124. The molecule has 1 aromatic carbocycles. The number of hydrogen-bond acceptors (Lipinski definition) is 3. The predicted molar refractivity (Wildman–Crippen MR) is 51.9 cm³/mol. The van der Waals surface area contributed by atoms with Crippen LogP contribution in [0, 0.1) is 0 Å². The highest BCUT2D eigenvalue weighted by Gasteiger charge is 2.18. The number of nitrogens with zero attached hydrogens (tertiary/aromatic N) is 1. The number of aromatic hydroxyl groups is 1. The smallest absolute Gasteiger partial charge is 0.230 e. The number of phenolic OH excluding ortho intramolecular Hbond substituents is 1. The normalized spacial score (nSPS) is 9.57. The molecule has 0 aliphatic heterocycles. The average Bonchev–Trinajstić information content (AvgIpc) is 2.07. The van der Waals surface area contributed by atoms with Gasteiger partial charge in [-0.2, -0.15) is 0 Å². The molecule has 4 nitrogen and oxygen atoms in total. The minimum Gasteiger partial charge on any atom is -0.506 e. The maximum atomic E-state index is 11.1. The SMILES string of the molecule is CC(=O)N(C(C)=O)c1ccccc1O. The monoisotopic (exact) mass is 193 g/mol. The van der Waals surface area contributed by atoms with Crippen LogP contribution < -0.4 is 4.90 Å². The average molecular weight is 193 g/mol. The van der Waals surface area contributed by atoms with E-state index in [4.69, 9.17) is 0 Å². The van der Waals surface area contributed by atoms with Crippen LogP contribution in [0.2, 0.25) is 0 Å². The summed E-state index contributed by atoms with van der Waals surface area (Å²) in [6.07, 6.45) is 0. The number of carbonyl (C=O) groups excluding carboxylic acids is 2. The molecule has 1 N–H and O–H groups in total. The minimum atomic E-state index is -0.418. The van der Waals surface area contributed by atoms with Gasteiger partial charge in [-0.05, 0) is 12.1 Å². The Bertz CT molecular complexity index is 359. The van der Waals surface area contributed by atoms with Crippen molar-refractivity contribution in [2.45, 2.75) is 13.8 Å². The van der Waals surface area contributed by atoms with Crippen molar-refractivity contribution in [2.75, 3.05) is 4.90 Å². The third-order valence-corrected chi connectivity index (χ3v) is 1.75. The van der Waals surface area contributed by atoms with Crippen LogP contribution in [0.3, 0.4) is 0 Å². The molecule has 14 heavy (non-hydrogen) atoms. The molecule has 0 aliphatic rings. The molecular formula is C10H11NO3. The van der Waals surface area contributed by atoms with Crippen molar-refractivity contribution in [2.24, 2.45) is 0 Å². The van der Waals surface area contributed by atoms with E-state index in [-0.39, 0.29) is 11.4 Å². The van der Waals surface area contributed by atoms with Crippen LogP contribution in [0.15, 0.2) is 24.3 Å². The van der Waals surface area contributed by atoms with Crippen molar-refractivity contribution in [3.63, 3.8) is 0 Å². The third-order valence-electron chi connectivity index (χ3n) is 1.75. The lowest BCUT2D eigenvalue weighted by atomic mass is 10.2. The van der Waals surface area contributed by atoms with E-state index >= 15 is 0 Å². The fourth-order valence-corrected chi connectivity index (χ4v) is 1.21. The second-order valence-electron chi connectivity index (χ2n) is 2.86. The number of imide groups is 1. The molecule has 74 valence electrons. The summed E-state index contributed by atoms with van der Waals surface area (Å²) >= 11 is 0. The lowest BCUT2D eigenvalue weighted by Crippen LogP contribution is -2.33. The molecule has 0 heterocycles. The predicted octanol–water partition coefficient (Wildman–Crippen LogP) is 1.29. The highest BCUT2D eigenvalue weighted by molar-refractivity contribution is 6.13. The third kappa shape index (κ3) is 1.90. The Morgan fingerprint density at radius 1 is 1.14 bits per heavy atom. The highest BCUT2D eigenvalue weighted by Crippen LogP contribution is 2.26. The first kappa shape index (κ1) is 10.2. The summed E-state index contributed by atoms with van der Waals surface area (Å²) in [5.41, 5.74) is 0.215. The van der Waals surface area contributed by atoms with Crippen molar-refractivity contribution >= 4 is 17.5 Å². The van der Waals surface area contributed by atoms with E-state index in [0.717, 1.165) is 4.90 Å². The number of amides is 2. The number of hydrogen-bond donors (Lipinski definition) is 1. The summed E-state index contributed by atoms with van der Waals surface area (Å²) in [5, 5.41) is 9.43. The van der Waals surface area contributed by atoms with E-state index in [1.165, 1.54) is 26.0 Å². The van der Waals surface area contributed by atoms with E-state index in [1.807, 2.05) is 0 Å². The Hall–Kier alpha value is -1.84. The molecular weight excluding hydrogens is 182 g/mol. The Labute approximate surface area is 81.8 Å². The van der Waals surface area contributed by atoms with Crippen molar-refractivity contribution in [1.29, 1.82) is 0 Å². The number of para-hydroxylation sites is 2. The minimum absolute atomic E-state index is 0.0853. The number of anilines is 1. The number of phenols is 1. The van der Waals surface area contributed by atoms with Crippen LogP contribution in [0.5, 0.6) is 5.75 Å². The van der Waals surface area contributed by atoms with E-state index < -0.39 is 11.8 Å². The Balaban J connectivity index is 3.18. The largest absolute Gasteiger partial charge is 0.506 e. The van der Waals surface area contributed by atoms with Gasteiger partial charge in [0.15, 0.2) is 0 Å². The second-order valence-corrected chi connectivity index (χ2v) is 2.86. The second kappa shape index (κ2) is 3.91. The van der Waals surface area contributed by atoms with Crippen molar-refractivity contribution < 1.29 is 14.7 Å². The molecule has 0 atom stereocenters. The van der Waals surface area contributed by atoms with Gasteiger partial charge < -0.3 is 5.11 Å². The summed E-state index contributed by atoms with van der Waals surface area (Å²) in [6, 6.07) is 6.21. The number of carbonyl (C=O) groups is 2. The van der Waals surface area contributed by atoms with Gasteiger partial charge in [0.1, 0.15) is 5.75 Å². The van der Waals surface area contributed by atoms with E-state index in [0.29, 0.717) is 0 Å². The molecule has 1 rings (SSSR count). The molecule has 0 radical (unpaired) electrons. The van der Waals surface area contributed by atoms with Crippen LogP contribution >= 0.6 is 0 Å². The lowest BCUT2D eigenvalue weighted by Gasteiger charge is -2.17. The molecule has 0 spiro atoms. The summed E-state index contributed by atoms with van der Waals surface area (Å²) in [6.45, 7) is 2.54. The number of rotatable bonds is 1. The van der Waals surface area contributed by atoms with Gasteiger partial charge in [0.25, 0.3) is 0 Å². The molecule has 0 unspecified atom stereocenters. The first-order valence-electron chi connectivity index (χ1n) is 4.13. The fourth-order valence-electron chi connectivity index (χ4n) is 1.21. The quantitative estimate of drug-likeness (QED) is 0.731. The van der Waals surface area contributed by atoms with Crippen molar-refractivity contribution in [1.82, 2.24) is 0 Å². The molecule has 1 aromatic rings. The maximum absolute atomic E-state index is 11.1. The maximum Gasteiger partial charge on any atom is 0.230 e. The van der Waals surface area contributed by atoms with Crippen LogP contribution in [-0.2, 0) is 9.59 Å². The Kier molecular flexibility index (Phi) is 2.86. The molecule has 2 amide bonds.